The highest BCUT2D eigenvalue weighted by atomic mass is 19.2. The maximum absolute atomic E-state index is 13.2. The Morgan fingerprint density at radius 3 is 2.54 bits per heavy atom. The fourth-order valence-electron chi connectivity index (χ4n) is 3.73. The number of nitrogens with two attached hydrogens (primary N) is 1. The quantitative estimate of drug-likeness (QED) is 0.270. The molecule has 6 N–H and O–H groups in total. The number of benzene rings is 1. The van der Waals surface area contributed by atoms with Crippen LogP contribution in [0, 0.1) is 17.6 Å². The molecule has 1 atom stereocenters. The van der Waals surface area contributed by atoms with Gasteiger partial charge in [-0.05, 0) is 68.6 Å². The molecule has 0 spiro atoms. The van der Waals surface area contributed by atoms with Gasteiger partial charge in [0.15, 0.2) is 11.6 Å². The number of nitrogens with one attached hydrogen (secondary N) is 1. The fraction of sp³-hybridized carbons (Fsp3) is 0.632. The van der Waals surface area contributed by atoms with Gasteiger partial charge in [-0.3, -0.25) is 4.79 Å². The van der Waals surface area contributed by atoms with E-state index in [9.17, 15) is 18.7 Å². The molecule has 28 heavy (non-hydrogen) atoms. The number of hydrogen-bond acceptors (Lipinski definition) is 5. The van der Waals surface area contributed by atoms with E-state index in [4.69, 9.17) is 15.8 Å². The number of carbonyl (C=O) groups is 1. The maximum Gasteiger partial charge on any atom is 0.451 e. The van der Waals surface area contributed by atoms with Gasteiger partial charge in [0.2, 0.25) is 0 Å². The van der Waals surface area contributed by atoms with Gasteiger partial charge in [0.05, 0.1) is 0 Å². The molecule has 0 amide bonds. The lowest BCUT2D eigenvalue weighted by Crippen LogP contribution is -2.61. The summed E-state index contributed by atoms with van der Waals surface area (Å²) in [5, 5.41) is 30.6. The van der Waals surface area contributed by atoms with E-state index in [0.717, 1.165) is 18.1 Å². The lowest BCUT2D eigenvalue weighted by molar-refractivity contribution is -0.148. The average Bonchev–Trinajstić information content (AvgIpc) is 2.59. The van der Waals surface area contributed by atoms with Crippen molar-refractivity contribution >= 4 is 13.1 Å². The highest BCUT2D eigenvalue weighted by molar-refractivity contribution is 6.40. The first-order valence-electron chi connectivity index (χ1n) is 9.78. The molecule has 2 rings (SSSR count). The zero-order valence-electron chi connectivity index (χ0n) is 15.9. The van der Waals surface area contributed by atoms with Crippen LogP contribution < -0.4 is 11.1 Å². The lowest BCUT2D eigenvalue weighted by atomic mass is 9.66. The third kappa shape index (κ3) is 6.23. The van der Waals surface area contributed by atoms with Gasteiger partial charge in [-0.25, -0.2) is 8.78 Å². The average molecular weight is 398 g/mol. The number of aliphatic carboxylic acids is 1. The van der Waals surface area contributed by atoms with Crippen LogP contribution in [0.5, 0.6) is 0 Å². The van der Waals surface area contributed by atoms with Gasteiger partial charge in [0.1, 0.15) is 5.54 Å². The van der Waals surface area contributed by atoms with Crippen LogP contribution in [-0.4, -0.2) is 46.4 Å². The van der Waals surface area contributed by atoms with Crippen LogP contribution in [-0.2, 0) is 11.2 Å². The van der Waals surface area contributed by atoms with Gasteiger partial charge in [-0.2, -0.15) is 0 Å². The number of aryl methyl sites for hydroxylation is 1. The molecular formula is C19H29BF2N2O4. The molecule has 6 nitrogen and oxygen atoms in total. The normalized spacial score (nSPS) is 21.0. The summed E-state index contributed by atoms with van der Waals surface area (Å²) < 4.78 is 26.1. The largest absolute Gasteiger partial charge is 0.480 e. The summed E-state index contributed by atoms with van der Waals surface area (Å²) in [6.07, 6.45) is 4.32. The van der Waals surface area contributed by atoms with Crippen molar-refractivity contribution in [2.75, 3.05) is 6.54 Å². The SMILES string of the molecule is NC(CCCCB(O)O)(C(=O)O)[C@H]1C[C@@H](NCCCc2ccc(F)c(F)c2)C1. The minimum atomic E-state index is -1.37. The first-order valence-corrected chi connectivity index (χ1v) is 9.78. The van der Waals surface area contributed by atoms with Gasteiger partial charge < -0.3 is 26.2 Å². The van der Waals surface area contributed by atoms with E-state index in [1.807, 2.05) is 0 Å². The van der Waals surface area contributed by atoms with Gasteiger partial charge in [-0.1, -0.05) is 18.9 Å². The maximum atomic E-state index is 13.2. The predicted molar refractivity (Wildman–Crippen MR) is 103 cm³/mol. The van der Waals surface area contributed by atoms with E-state index in [1.54, 1.807) is 6.07 Å². The first kappa shape index (κ1) is 22.7. The van der Waals surface area contributed by atoms with Crippen LogP contribution in [0.25, 0.3) is 0 Å². The Labute approximate surface area is 164 Å². The van der Waals surface area contributed by atoms with Crippen LogP contribution in [0.1, 0.15) is 44.1 Å². The van der Waals surface area contributed by atoms with Crippen molar-refractivity contribution in [2.45, 2.75) is 62.8 Å². The molecule has 0 saturated heterocycles. The second kappa shape index (κ2) is 10.3. The number of carboxylic acids is 1. The first-order chi connectivity index (χ1) is 13.2. The summed E-state index contributed by atoms with van der Waals surface area (Å²) in [7, 11) is -1.37. The van der Waals surface area contributed by atoms with E-state index in [0.29, 0.717) is 45.1 Å². The van der Waals surface area contributed by atoms with E-state index in [2.05, 4.69) is 5.32 Å². The second-order valence-corrected chi connectivity index (χ2v) is 7.74. The zero-order valence-corrected chi connectivity index (χ0v) is 15.9. The number of halogens is 2. The third-order valence-electron chi connectivity index (χ3n) is 5.63. The number of rotatable bonds is 12. The molecule has 1 aliphatic rings. The van der Waals surface area contributed by atoms with E-state index >= 15 is 0 Å². The predicted octanol–water partition coefficient (Wildman–Crippen LogP) is 1.69. The van der Waals surface area contributed by atoms with Crippen molar-refractivity contribution < 1.29 is 28.7 Å². The zero-order chi connectivity index (χ0) is 20.7. The van der Waals surface area contributed by atoms with Crippen molar-refractivity contribution in [1.29, 1.82) is 0 Å². The number of carboxylic acid groups (broad SMARTS) is 1. The summed E-state index contributed by atoms with van der Waals surface area (Å²) in [5.74, 6) is -2.82. The van der Waals surface area contributed by atoms with Crippen molar-refractivity contribution in [3.8, 4) is 0 Å². The molecule has 1 aliphatic carbocycles. The molecule has 1 aromatic rings. The molecule has 0 radical (unpaired) electrons. The molecule has 0 bridgehead atoms. The van der Waals surface area contributed by atoms with Crippen LogP contribution in [0.3, 0.4) is 0 Å². The summed E-state index contributed by atoms with van der Waals surface area (Å²) in [4.78, 5) is 11.7. The Hall–Kier alpha value is -1.55. The Morgan fingerprint density at radius 2 is 1.93 bits per heavy atom. The lowest BCUT2D eigenvalue weighted by Gasteiger charge is -2.45. The molecule has 1 fully saturated rings. The standard InChI is InChI=1S/C19H29BF2N2O4/c21-16-6-5-13(10-17(16)22)4-3-9-24-15-11-14(12-15)19(23,18(25)26)7-1-2-8-20(27)28/h5-6,10,14-15,24,27-28H,1-4,7-9,11-12,23H2,(H,25,26)/t14-,15+,19?. The van der Waals surface area contributed by atoms with Crippen molar-refractivity contribution in [1.82, 2.24) is 5.32 Å². The highest BCUT2D eigenvalue weighted by Crippen LogP contribution is 2.38. The Morgan fingerprint density at radius 1 is 1.21 bits per heavy atom. The monoisotopic (exact) mass is 398 g/mol. The van der Waals surface area contributed by atoms with Gasteiger partial charge in [-0.15, -0.1) is 0 Å². The van der Waals surface area contributed by atoms with Gasteiger partial charge in [0.25, 0.3) is 0 Å². The molecular weight excluding hydrogens is 369 g/mol. The fourth-order valence-corrected chi connectivity index (χ4v) is 3.73. The van der Waals surface area contributed by atoms with Crippen molar-refractivity contribution in [3.05, 3.63) is 35.4 Å². The molecule has 0 aromatic heterocycles. The Bertz CT molecular complexity index is 659. The minimum absolute atomic E-state index is 0.118. The summed E-state index contributed by atoms with van der Waals surface area (Å²) in [5.41, 5.74) is 5.62. The van der Waals surface area contributed by atoms with E-state index in [-0.39, 0.29) is 18.3 Å². The Kier molecular flexibility index (Phi) is 8.36. The molecule has 1 saturated carbocycles. The number of unbranched alkanes of at least 4 members (excludes halogenated alkanes) is 1. The van der Waals surface area contributed by atoms with Gasteiger partial charge >= 0.3 is 13.1 Å². The minimum Gasteiger partial charge on any atom is -0.480 e. The van der Waals surface area contributed by atoms with Crippen LogP contribution >= 0.6 is 0 Å². The van der Waals surface area contributed by atoms with Crippen LogP contribution in [0.15, 0.2) is 18.2 Å². The second-order valence-electron chi connectivity index (χ2n) is 7.74. The molecule has 1 aromatic carbocycles. The smallest absolute Gasteiger partial charge is 0.451 e. The van der Waals surface area contributed by atoms with Gasteiger partial charge in [0, 0.05) is 6.04 Å². The summed E-state index contributed by atoms with van der Waals surface area (Å²) in [6.45, 7) is 0.704. The summed E-state index contributed by atoms with van der Waals surface area (Å²) in [6, 6.07) is 4.11. The molecule has 1 unspecified atom stereocenters. The molecule has 156 valence electrons. The molecule has 0 aliphatic heterocycles. The van der Waals surface area contributed by atoms with Crippen molar-refractivity contribution in [2.24, 2.45) is 11.7 Å². The van der Waals surface area contributed by atoms with E-state index < -0.39 is 30.3 Å². The highest BCUT2D eigenvalue weighted by Gasteiger charge is 2.47. The van der Waals surface area contributed by atoms with Crippen LogP contribution in [0.4, 0.5) is 8.78 Å². The topological polar surface area (TPSA) is 116 Å². The molecule has 0 heterocycles. The molecule has 9 heteroatoms. The van der Waals surface area contributed by atoms with Crippen LogP contribution in [0.2, 0.25) is 6.32 Å². The Balaban J connectivity index is 1.68. The van der Waals surface area contributed by atoms with Crippen molar-refractivity contribution in [3.63, 3.8) is 0 Å². The number of hydrogen-bond donors (Lipinski definition) is 5. The van der Waals surface area contributed by atoms with E-state index in [1.165, 1.54) is 6.07 Å². The summed E-state index contributed by atoms with van der Waals surface area (Å²) >= 11 is 0. The third-order valence-corrected chi connectivity index (χ3v) is 5.63.